The Morgan fingerprint density at radius 2 is 2.16 bits per heavy atom. The second kappa shape index (κ2) is 5.87. The van der Waals surface area contributed by atoms with E-state index in [1.807, 2.05) is 36.2 Å². The first-order chi connectivity index (χ1) is 12.3. The van der Waals surface area contributed by atoms with E-state index in [0.29, 0.717) is 11.9 Å². The number of anilines is 2. The van der Waals surface area contributed by atoms with E-state index >= 15 is 0 Å². The Hall–Kier alpha value is -2.35. The lowest BCUT2D eigenvalue weighted by Gasteiger charge is -2.33. The largest absolute Gasteiger partial charge is 0.368 e. The minimum absolute atomic E-state index is 0.337. The molecule has 2 aliphatic heterocycles. The van der Waals surface area contributed by atoms with Gasteiger partial charge in [-0.3, -0.25) is 4.40 Å². The van der Waals surface area contributed by atoms with Crippen LogP contribution >= 0.6 is 11.8 Å². The Morgan fingerprint density at radius 1 is 1.20 bits per heavy atom. The molecule has 1 atom stereocenters. The number of thioether (sulfide) groups is 1. The maximum atomic E-state index is 5.96. The molecule has 0 bridgehead atoms. The number of piperidine rings is 1. The summed E-state index contributed by atoms with van der Waals surface area (Å²) in [4.78, 5) is 12.6. The highest BCUT2D eigenvalue weighted by Gasteiger charge is 2.29. The molecular weight excluding hydrogens is 334 g/mol. The fraction of sp³-hybridized carbons (Fsp3) is 0.412. The molecule has 2 aliphatic rings. The van der Waals surface area contributed by atoms with Crippen molar-refractivity contribution in [3.05, 3.63) is 35.9 Å². The van der Waals surface area contributed by atoms with Crippen LogP contribution in [-0.2, 0) is 6.42 Å². The first kappa shape index (κ1) is 14.9. The molecule has 2 N–H and O–H groups in total. The van der Waals surface area contributed by atoms with Gasteiger partial charge >= 0.3 is 0 Å². The van der Waals surface area contributed by atoms with E-state index in [9.17, 15) is 0 Å². The predicted molar refractivity (Wildman–Crippen MR) is 98.0 cm³/mol. The van der Waals surface area contributed by atoms with Crippen LogP contribution in [0.5, 0.6) is 0 Å². The third kappa shape index (κ3) is 2.52. The van der Waals surface area contributed by atoms with Gasteiger partial charge in [-0.15, -0.1) is 22.0 Å². The van der Waals surface area contributed by atoms with Gasteiger partial charge < -0.3 is 10.6 Å². The number of aromatic nitrogens is 5. The molecule has 1 unspecified atom stereocenters. The van der Waals surface area contributed by atoms with Crippen LogP contribution in [0.25, 0.3) is 5.65 Å². The number of pyridine rings is 1. The second-order valence-electron chi connectivity index (χ2n) is 6.55. The summed E-state index contributed by atoms with van der Waals surface area (Å²) in [6.07, 6.45) is 5.24. The number of hydrogen-bond donors (Lipinski definition) is 1. The molecule has 0 aliphatic carbocycles. The van der Waals surface area contributed by atoms with E-state index in [2.05, 4.69) is 29.5 Å². The van der Waals surface area contributed by atoms with Crippen molar-refractivity contribution in [3.63, 3.8) is 0 Å². The minimum Gasteiger partial charge on any atom is -0.368 e. The molecule has 0 spiro atoms. The molecule has 3 aromatic heterocycles. The molecule has 0 radical (unpaired) electrons. The highest BCUT2D eigenvalue weighted by molar-refractivity contribution is 7.99. The second-order valence-corrected chi connectivity index (χ2v) is 7.66. The van der Waals surface area contributed by atoms with Crippen LogP contribution < -0.4 is 10.6 Å². The molecule has 128 valence electrons. The fourth-order valence-corrected chi connectivity index (χ4v) is 4.92. The zero-order valence-electron chi connectivity index (χ0n) is 13.8. The molecule has 0 saturated carbocycles. The highest BCUT2D eigenvalue weighted by atomic mass is 32.2. The van der Waals surface area contributed by atoms with Gasteiger partial charge in [0.2, 0.25) is 5.95 Å². The van der Waals surface area contributed by atoms with Gasteiger partial charge in [0, 0.05) is 37.4 Å². The van der Waals surface area contributed by atoms with Crippen LogP contribution in [0.15, 0.2) is 29.3 Å². The van der Waals surface area contributed by atoms with Gasteiger partial charge in [-0.25, -0.2) is 4.98 Å². The summed E-state index contributed by atoms with van der Waals surface area (Å²) in [6.45, 7) is 1.88. The van der Waals surface area contributed by atoms with Crippen LogP contribution in [-0.4, -0.2) is 43.4 Å². The summed E-state index contributed by atoms with van der Waals surface area (Å²) in [6, 6.07) is 6.01. The average molecular weight is 353 g/mol. The van der Waals surface area contributed by atoms with Crippen LogP contribution in [0, 0.1) is 0 Å². The van der Waals surface area contributed by atoms with Crippen molar-refractivity contribution >= 4 is 29.2 Å². The molecule has 7 nitrogen and oxygen atoms in total. The van der Waals surface area contributed by atoms with Crippen molar-refractivity contribution in [2.45, 2.75) is 30.1 Å². The standard InChI is InChI=1S/C17H19N7S/c18-17-19-12-6-9-25-14(12)16(20-17)23-7-3-4-11(10-23)15-22-21-13-5-1-2-8-24(13)15/h1-2,5,8,11H,3-4,6-7,9-10H2,(H2,18,19,20). The molecule has 5 heterocycles. The molecule has 1 fully saturated rings. The normalized spacial score (nSPS) is 20.2. The third-order valence-corrected chi connectivity index (χ3v) is 6.06. The summed E-state index contributed by atoms with van der Waals surface area (Å²) in [5, 5.41) is 8.77. The lowest BCUT2D eigenvalue weighted by molar-refractivity contribution is 0.483. The molecular formula is C17H19N7S. The smallest absolute Gasteiger partial charge is 0.222 e. The monoisotopic (exact) mass is 353 g/mol. The summed E-state index contributed by atoms with van der Waals surface area (Å²) in [5.74, 6) is 3.82. The van der Waals surface area contributed by atoms with Crippen LogP contribution in [0.3, 0.4) is 0 Å². The molecule has 3 aromatic rings. The van der Waals surface area contributed by atoms with Gasteiger partial charge in [0.25, 0.3) is 0 Å². The van der Waals surface area contributed by atoms with Crippen molar-refractivity contribution in [3.8, 4) is 0 Å². The molecule has 0 amide bonds. The van der Waals surface area contributed by atoms with E-state index in [1.54, 1.807) is 0 Å². The van der Waals surface area contributed by atoms with E-state index in [0.717, 1.165) is 61.1 Å². The van der Waals surface area contributed by atoms with Crippen molar-refractivity contribution in [1.29, 1.82) is 0 Å². The van der Waals surface area contributed by atoms with Crippen molar-refractivity contribution in [1.82, 2.24) is 24.6 Å². The SMILES string of the molecule is Nc1nc2c(c(N3CCCC(c4nnc5ccccn45)C3)n1)SCC2. The van der Waals surface area contributed by atoms with Crippen LogP contribution in [0.2, 0.25) is 0 Å². The predicted octanol–water partition coefficient (Wildman–Crippen LogP) is 2.13. The maximum Gasteiger partial charge on any atom is 0.222 e. The van der Waals surface area contributed by atoms with Gasteiger partial charge in [0.1, 0.15) is 11.6 Å². The third-order valence-electron chi connectivity index (χ3n) is 4.95. The Kier molecular flexibility index (Phi) is 3.51. The van der Waals surface area contributed by atoms with Crippen molar-refractivity contribution in [2.75, 3.05) is 29.5 Å². The zero-order chi connectivity index (χ0) is 16.8. The average Bonchev–Trinajstić information content (AvgIpc) is 3.27. The van der Waals surface area contributed by atoms with Crippen molar-refractivity contribution < 1.29 is 0 Å². The first-order valence-electron chi connectivity index (χ1n) is 8.63. The summed E-state index contributed by atoms with van der Waals surface area (Å²) in [5.41, 5.74) is 7.96. The lowest BCUT2D eigenvalue weighted by Crippen LogP contribution is -2.36. The van der Waals surface area contributed by atoms with Crippen LogP contribution in [0.4, 0.5) is 11.8 Å². The topological polar surface area (TPSA) is 85.2 Å². The maximum absolute atomic E-state index is 5.96. The number of fused-ring (bicyclic) bond motifs is 2. The van der Waals surface area contributed by atoms with Gasteiger partial charge in [-0.05, 0) is 25.0 Å². The summed E-state index contributed by atoms with van der Waals surface area (Å²) >= 11 is 1.84. The molecule has 0 aromatic carbocycles. The number of nitrogens with zero attached hydrogens (tertiary/aromatic N) is 6. The number of nitrogen functional groups attached to an aromatic ring is 1. The number of nitrogens with two attached hydrogens (primary N) is 1. The Morgan fingerprint density at radius 3 is 3.12 bits per heavy atom. The number of aryl methyl sites for hydroxylation is 1. The zero-order valence-corrected chi connectivity index (χ0v) is 14.6. The van der Waals surface area contributed by atoms with Gasteiger partial charge in [-0.1, -0.05) is 6.07 Å². The van der Waals surface area contributed by atoms with Crippen LogP contribution in [0.1, 0.15) is 30.3 Å². The molecule has 8 heteroatoms. The van der Waals surface area contributed by atoms with Crippen molar-refractivity contribution in [2.24, 2.45) is 0 Å². The number of rotatable bonds is 2. The Labute approximate surface area is 149 Å². The first-order valence-corrected chi connectivity index (χ1v) is 9.62. The van der Waals surface area contributed by atoms with E-state index < -0.39 is 0 Å². The van der Waals surface area contributed by atoms with Gasteiger partial charge in [0.15, 0.2) is 5.65 Å². The molecule has 1 saturated heterocycles. The Bertz CT molecular complexity index is 938. The number of hydrogen-bond acceptors (Lipinski definition) is 7. The Balaban J connectivity index is 1.49. The van der Waals surface area contributed by atoms with Gasteiger partial charge in [-0.2, -0.15) is 4.98 Å². The quantitative estimate of drug-likeness (QED) is 0.755. The minimum atomic E-state index is 0.337. The van der Waals surface area contributed by atoms with E-state index in [-0.39, 0.29) is 0 Å². The molecule has 25 heavy (non-hydrogen) atoms. The fourth-order valence-electron chi connectivity index (χ4n) is 3.80. The summed E-state index contributed by atoms with van der Waals surface area (Å²) < 4.78 is 2.10. The van der Waals surface area contributed by atoms with E-state index in [1.165, 1.54) is 4.90 Å². The highest BCUT2D eigenvalue weighted by Crippen LogP contribution is 2.39. The van der Waals surface area contributed by atoms with Gasteiger partial charge in [0.05, 0.1) is 10.6 Å². The summed E-state index contributed by atoms with van der Waals surface area (Å²) in [7, 11) is 0. The lowest BCUT2D eigenvalue weighted by atomic mass is 9.97. The molecule has 5 rings (SSSR count). The van der Waals surface area contributed by atoms with E-state index in [4.69, 9.17) is 5.73 Å².